The highest BCUT2D eigenvalue weighted by molar-refractivity contribution is 5.96. The Bertz CT molecular complexity index is 512. The van der Waals surface area contributed by atoms with E-state index in [0.29, 0.717) is 0 Å². The number of hydrogen-bond donors (Lipinski definition) is 0. The summed E-state index contributed by atoms with van der Waals surface area (Å²) < 4.78 is 4.49. The third kappa shape index (κ3) is 2.48. The maximum Gasteiger partial charge on any atom is 0.340 e. The molecule has 0 fully saturated rings. The van der Waals surface area contributed by atoms with Gasteiger partial charge in [-0.15, -0.1) is 0 Å². The summed E-state index contributed by atoms with van der Waals surface area (Å²) in [5.41, 5.74) is 0.356. The highest BCUT2D eigenvalue weighted by Gasteiger charge is 2.12. The predicted octanol–water partition coefficient (Wildman–Crippen LogP) is 1.41. The van der Waals surface area contributed by atoms with Gasteiger partial charge < -0.3 is 4.74 Å². The molecule has 0 aliphatic heterocycles. The number of methoxy groups -OCH3 is 1. The van der Waals surface area contributed by atoms with Gasteiger partial charge in [0.1, 0.15) is 0 Å². The average molecular weight is 218 g/mol. The zero-order chi connectivity index (χ0) is 12.0. The van der Waals surface area contributed by atoms with E-state index < -0.39 is 5.97 Å². The number of benzene rings is 1. The number of esters is 1. The minimum absolute atomic E-state index is 0.0300. The minimum atomic E-state index is -0.683. The van der Waals surface area contributed by atoms with Gasteiger partial charge >= 0.3 is 5.97 Å². The molecule has 0 saturated heterocycles. The molecule has 1 aromatic rings. The Balaban J connectivity index is 3.36. The van der Waals surface area contributed by atoms with Crippen molar-refractivity contribution in [2.75, 3.05) is 7.11 Å². The van der Waals surface area contributed by atoms with Gasteiger partial charge in [0, 0.05) is 0 Å². The molecule has 0 saturated carbocycles. The van der Waals surface area contributed by atoms with Crippen molar-refractivity contribution in [2.45, 2.75) is 0 Å². The molecule has 0 heterocycles. The van der Waals surface area contributed by atoms with Gasteiger partial charge in [0.2, 0.25) is 12.2 Å². The van der Waals surface area contributed by atoms with Crippen LogP contribution in [0.1, 0.15) is 10.4 Å². The van der Waals surface area contributed by atoms with Crippen LogP contribution < -0.4 is 0 Å². The topological polar surface area (TPSA) is 85.2 Å². The second-order valence-electron chi connectivity index (χ2n) is 2.60. The fourth-order valence-corrected chi connectivity index (χ4v) is 1.07. The van der Waals surface area contributed by atoms with Gasteiger partial charge in [-0.25, -0.2) is 14.4 Å². The first-order valence-electron chi connectivity index (χ1n) is 4.11. The summed E-state index contributed by atoms with van der Waals surface area (Å²) in [4.78, 5) is 38.1. The molecular weight excluding hydrogens is 212 g/mol. The number of nitrogens with zero attached hydrogens (tertiary/aromatic N) is 2. The number of carbonyl (C=O) groups is 1. The molecule has 0 atom stereocenters. The number of aliphatic imine (C=N–C) groups is 2. The van der Waals surface area contributed by atoms with Crippen LogP contribution in [0.4, 0.5) is 11.4 Å². The molecule has 0 N–H and O–H groups in total. The van der Waals surface area contributed by atoms with E-state index in [4.69, 9.17) is 0 Å². The second-order valence-corrected chi connectivity index (χ2v) is 2.60. The van der Waals surface area contributed by atoms with Crippen LogP contribution in [0.25, 0.3) is 0 Å². The fraction of sp³-hybridized carbons (Fsp3) is 0.100. The average Bonchev–Trinajstić information content (AvgIpc) is 2.31. The third-order valence-electron chi connectivity index (χ3n) is 1.73. The van der Waals surface area contributed by atoms with E-state index in [9.17, 15) is 14.4 Å². The van der Waals surface area contributed by atoms with E-state index in [0.717, 1.165) is 0 Å². The molecule has 0 unspecified atom stereocenters. The Kier molecular flexibility index (Phi) is 3.86. The minimum Gasteiger partial charge on any atom is -0.465 e. The zero-order valence-corrected chi connectivity index (χ0v) is 8.26. The van der Waals surface area contributed by atoms with Crippen molar-refractivity contribution in [1.29, 1.82) is 0 Å². The summed E-state index contributed by atoms with van der Waals surface area (Å²) in [6.45, 7) is 0. The molecule has 0 amide bonds. The lowest BCUT2D eigenvalue weighted by molar-refractivity contribution is 0.0602. The first-order valence-corrected chi connectivity index (χ1v) is 4.11. The van der Waals surface area contributed by atoms with Gasteiger partial charge in [0.15, 0.2) is 0 Å². The molecular formula is C10H6N2O4. The predicted molar refractivity (Wildman–Crippen MR) is 53.3 cm³/mol. The largest absolute Gasteiger partial charge is 0.465 e. The summed E-state index contributed by atoms with van der Waals surface area (Å²) in [5, 5.41) is 0. The van der Waals surface area contributed by atoms with E-state index in [-0.39, 0.29) is 16.9 Å². The first kappa shape index (κ1) is 11.5. The Morgan fingerprint density at radius 1 is 1.25 bits per heavy atom. The molecule has 0 aromatic heterocycles. The third-order valence-corrected chi connectivity index (χ3v) is 1.73. The monoisotopic (exact) mass is 218 g/mol. The van der Waals surface area contributed by atoms with Crippen LogP contribution >= 0.6 is 0 Å². The van der Waals surface area contributed by atoms with Crippen LogP contribution in [-0.2, 0) is 14.3 Å². The lowest BCUT2D eigenvalue weighted by Crippen LogP contribution is -2.01. The number of isocyanates is 2. The van der Waals surface area contributed by atoms with Gasteiger partial charge in [-0.1, -0.05) is 0 Å². The molecule has 0 spiro atoms. The molecule has 6 nitrogen and oxygen atoms in total. The van der Waals surface area contributed by atoms with E-state index in [2.05, 4.69) is 14.7 Å². The van der Waals surface area contributed by atoms with Gasteiger partial charge in [-0.2, -0.15) is 9.98 Å². The first-order chi connectivity index (χ1) is 7.72. The Morgan fingerprint density at radius 2 is 1.94 bits per heavy atom. The zero-order valence-electron chi connectivity index (χ0n) is 8.26. The van der Waals surface area contributed by atoms with Crippen molar-refractivity contribution in [3.63, 3.8) is 0 Å². The highest BCUT2D eigenvalue weighted by Crippen LogP contribution is 2.24. The quantitative estimate of drug-likeness (QED) is 0.436. The van der Waals surface area contributed by atoms with Crippen LogP contribution in [0.3, 0.4) is 0 Å². The number of ether oxygens (including phenoxy) is 1. The number of carbonyl (C=O) groups excluding carboxylic acids is 3. The molecule has 0 bridgehead atoms. The number of hydrogen-bond acceptors (Lipinski definition) is 6. The van der Waals surface area contributed by atoms with Crippen molar-refractivity contribution in [3.8, 4) is 0 Å². The highest BCUT2D eigenvalue weighted by atomic mass is 16.5. The summed E-state index contributed by atoms with van der Waals surface area (Å²) in [7, 11) is 1.19. The maximum absolute atomic E-state index is 11.3. The summed E-state index contributed by atoms with van der Waals surface area (Å²) in [5.74, 6) is -0.683. The van der Waals surface area contributed by atoms with Gasteiger partial charge in [0.05, 0.1) is 24.0 Å². The molecule has 0 aliphatic rings. The Morgan fingerprint density at radius 3 is 2.50 bits per heavy atom. The molecule has 1 rings (SSSR count). The van der Waals surface area contributed by atoms with E-state index in [1.807, 2.05) is 0 Å². The van der Waals surface area contributed by atoms with Crippen molar-refractivity contribution in [1.82, 2.24) is 0 Å². The molecule has 16 heavy (non-hydrogen) atoms. The lowest BCUT2D eigenvalue weighted by atomic mass is 10.1. The van der Waals surface area contributed by atoms with Gasteiger partial charge in [-0.3, -0.25) is 0 Å². The normalized spacial score (nSPS) is 8.56. The van der Waals surface area contributed by atoms with E-state index in [1.54, 1.807) is 0 Å². The SMILES string of the molecule is COC(=O)c1cc(N=C=O)ccc1N=C=O. The summed E-state index contributed by atoms with van der Waals surface area (Å²) in [6, 6.07) is 4.04. The molecule has 0 aliphatic carbocycles. The van der Waals surface area contributed by atoms with Crippen LogP contribution in [-0.4, -0.2) is 25.2 Å². The van der Waals surface area contributed by atoms with Crippen LogP contribution in [0.2, 0.25) is 0 Å². The summed E-state index contributed by atoms with van der Waals surface area (Å²) in [6.07, 6.45) is 2.65. The molecule has 1 aromatic carbocycles. The van der Waals surface area contributed by atoms with Gasteiger partial charge in [-0.05, 0) is 18.2 Å². The van der Waals surface area contributed by atoms with Crippen molar-refractivity contribution >= 4 is 29.5 Å². The molecule has 0 radical (unpaired) electrons. The molecule has 6 heteroatoms. The smallest absolute Gasteiger partial charge is 0.340 e. The van der Waals surface area contributed by atoms with Gasteiger partial charge in [0.25, 0.3) is 0 Å². The van der Waals surface area contributed by atoms with Crippen LogP contribution in [0.15, 0.2) is 28.2 Å². The maximum atomic E-state index is 11.3. The Labute approximate surface area is 90.3 Å². The van der Waals surface area contributed by atoms with Crippen LogP contribution in [0.5, 0.6) is 0 Å². The molecule has 80 valence electrons. The summed E-state index contributed by atoms with van der Waals surface area (Å²) >= 11 is 0. The van der Waals surface area contributed by atoms with Crippen molar-refractivity contribution in [2.24, 2.45) is 9.98 Å². The van der Waals surface area contributed by atoms with Crippen molar-refractivity contribution in [3.05, 3.63) is 23.8 Å². The number of rotatable bonds is 3. The van der Waals surface area contributed by atoms with E-state index in [1.165, 1.54) is 37.5 Å². The second kappa shape index (κ2) is 5.36. The lowest BCUT2D eigenvalue weighted by Gasteiger charge is -2.02. The van der Waals surface area contributed by atoms with Crippen LogP contribution in [0, 0.1) is 0 Å². The standard InChI is InChI=1S/C10H6N2O4/c1-16-10(15)8-4-7(11-5-13)2-3-9(8)12-6-14/h2-4H,1H3. The fourth-order valence-electron chi connectivity index (χ4n) is 1.07. The Hall–Kier alpha value is -2.55. The van der Waals surface area contributed by atoms with Crippen molar-refractivity contribution < 1.29 is 19.1 Å². The van der Waals surface area contributed by atoms with E-state index >= 15 is 0 Å².